The highest BCUT2D eigenvalue weighted by atomic mass is 32.2. The number of primary amides is 1. The van der Waals surface area contributed by atoms with Gasteiger partial charge in [-0.25, -0.2) is 18.4 Å². The fraction of sp³-hybridized carbons (Fsp3) is 0.261. The number of carbonyl (C=O) groups is 1. The summed E-state index contributed by atoms with van der Waals surface area (Å²) < 4.78 is 30.1. The minimum Gasteiger partial charge on any atom is -0.369 e. The Kier molecular flexibility index (Phi) is 6.43. The summed E-state index contributed by atoms with van der Waals surface area (Å²) in [5, 5.41) is 1.02. The lowest BCUT2D eigenvalue weighted by Gasteiger charge is -2.12. The molecular formula is C23H24N6O4S2. The Balaban J connectivity index is 1.73. The molecule has 3 N–H and O–H groups in total. The van der Waals surface area contributed by atoms with E-state index < -0.39 is 21.8 Å². The number of nitrogens with one attached hydrogen (secondary N) is 1. The third kappa shape index (κ3) is 4.93. The van der Waals surface area contributed by atoms with Gasteiger partial charge in [0.25, 0.3) is 15.6 Å². The van der Waals surface area contributed by atoms with E-state index in [9.17, 15) is 18.0 Å². The smallest absolute Gasteiger partial charge is 0.273 e. The number of nitrogens with zero attached hydrogens (tertiary/aromatic N) is 4. The van der Waals surface area contributed by atoms with E-state index in [0.29, 0.717) is 44.1 Å². The molecule has 0 aliphatic heterocycles. The molecule has 0 radical (unpaired) electrons. The lowest BCUT2D eigenvalue weighted by atomic mass is 10.0. The molecule has 0 aliphatic rings. The predicted octanol–water partition coefficient (Wildman–Crippen LogP) is 2.76. The second-order valence-electron chi connectivity index (χ2n) is 8.31. The highest BCUT2D eigenvalue weighted by Gasteiger charge is 2.22. The third-order valence-corrected chi connectivity index (χ3v) is 8.60. The maximum absolute atomic E-state index is 13.0. The van der Waals surface area contributed by atoms with Crippen molar-refractivity contribution in [2.24, 2.45) is 11.7 Å². The van der Waals surface area contributed by atoms with E-state index >= 15 is 0 Å². The summed E-state index contributed by atoms with van der Waals surface area (Å²) in [6, 6.07) is 6.85. The van der Waals surface area contributed by atoms with Gasteiger partial charge < -0.3 is 5.73 Å². The van der Waals surface area contributed by atoms with Gasteiger partial charge in [0.05, 0.1) is 45.2 Å². The van der Waals surface area contributed by atoms with Gasteiger partial charge >= 0.3 is 0 Å². The molecule has 35 heavy (non-hydrogen) atoms. The SMILES string of the molecule is Cc1nc(C)c(S(=O)(=O)Nc2cc(-c3ccc4ncn(CC(C)C(N)=O)c(=O)c4c3)cnc2C)s1. The highest BCUT2D eigenvalue weighted by Crippen LogP contribution is 2.29. The Labute approximate surface area is 205 Å². The molecule has 1 atom stereocenters. The zero-order valence-electron chi connectivity index (χ0n) is 19.6. The molecule has 182 valence electrons. The van der Waals surface area contributed by atoms with Crippen LogP contribution in [-0.2, 0) is 21.4 Å². The third-order valence-electron chi connectivity index (χ3n) is 5.55. The quantitative estimate of drug-likeness (QED) is 0.386. The number of amides is 1. The standard InChI is InChI=1S/C23H24N6O4S2/c1-12(21(24)30)10-29-11-26-19-6-5-16(7-18(19)22(29)31)17-8-20(13(2)25-9-17)28-35(32,33)23-14(3)27-15(4)34-23/h5-9,11-12,28H,10H2,1-4H3,(H2,24,30). The minimum absolute atomic E-state index is 0.121. The average Bonchev–Trinajstić information content (AvgIpc) is 3.15. The fourth-order valence-electron chi connectivity index (χ4n) is 3.60. The van der Waals surface area contributed by atoms with Gasteiger partial charge in [0.15, 0.2) is 4.21 Å². The molecule has 1 unspecified atom stereocenters. The van der Waals surface area contributed by atoms with E-state index in [1.54, 1.807) is 58.2 Å². The van der Waals surface area contributed by atoms with Crippen LogP contribution in [0.4, 0.5) is 5.69 Å². The number of benzene rings is 1. The second kappa shape index (κ2) is 9.19. The number of hydrogen-bond donors (Lipinski definition) is 2. The number of aryl methyl sites for hydroxylation is 3. The number of pyridine rings is 1. The average molecular weight is 513 g/mol. The molecule has 0 bridgehead atoms. The normalized spacial score (nSPS) is 12.6. The van der Waals surface area contributed by atoms with Crippen LogP contribution < -0.4 is 16.0 Å². The van der Waals surface area contributed by atoms with E-state index in [2.05, 4.69) is 19.7 Å². The molecule has 1 aromatic carbocycles. The molecule has 0 aliphatic carbocycles. The molecule has 1 amide bonds. The van der Waals surface area contributed by atoms with Crippen molar-refractivity contribution in [1.82, 2.24) is 19.5 Å². The van der Waals surface area contributed by atoms with E-state index in [4.69, 9.17) is 5.73 Å². The monoisotopic (exact) mass is 512 g/mol. The summed E-state index contributed by atoms with van der Waals surface area (Å²) in [5.41, 5.74) is 8.07. The Hall–Kier alpha value is -3.64. The Morgan fingerprint density at radius 1 is 1.14 bits per heavy atom. The van der Waals surface area contributed by atoms with Crippen LogP contribution in [-0.4, -0.2) is 33.8 Å². The van der Waals surface area contributed by atoms with Gasteiger partial charge in [0.1, 0.15) is 0 Å². The maximum Gasteiger partial charge on any atom is 0.273 e. The van der Waals surface area contributed by atoms with Crippen LogP contribution in [0, 0.1) is 26.7 Å². The molecule has 12 heteroatoms. The molecular weight excluding hydrogens is 488 g/mol. The first-order valence-electron chi connectivity index (χ1n) is 10.7. The van der Waals surface area contributed by atoms with Gasteiger partial charge in [-0.2, -0.15) is 0 Å². The van der Waals surface area contributed by atoms with E-state index in [-0.39, 0.29) is 16.3 Å². The van der Waals surface area contributed by atoms with E-state index in [1.807, 2.05) is 0 Å². The van der Waals surface area contributed by atoms with Gasteiger partial charge in [-0.05, 0) is 44.5 Å². The van der Waals surface area contributed by atoms with Gasteiger partial charge in [0.2, 0.25) is 5.91 Å². The summed E-state index contributed by atoms with van der Waals surface area (Å²) >= 11 is 1.10. The van der Waals surface area contributed by atoms with Crippen LogP contribution >= 0.6 is 11.3 Å². The van der Waals surface area contributed by atoms with Crippen molar-refractivity contribution in [2.45, 2.75) is 38.4 Å². The van der Waals surface area contributed by atoms with Crippen molar-refractivity contribution in [3.8, 4) is 11.1 Å². The number of carbonyl (C=O) groups excluding carboxylic acids is 1. The molecule has 4 aromatic rings. The summed E-state index contributed by atoms with van der Waals surface area (Å²) in [7, 11) is -3.85. The van der Waals surface area contributed by atoms with Gasteiger partial charge in [-0.15, -0.1) is 11.3 Å². The van der Waals surface area contributed by atoms with Crippen LogP contribution in [0.5, 0.6) is 0 Å². The highest BCUT2D eigenvalue weighted by molar-refractivity contribution is 7.94. The van der Waals surface area contributed by atoms with Gasteiger partial charge in [0, 0.05) is 18.3 Å². The number of nitrogens with two attached hydrogens (primary N) is 1. The maximum atomic E-state index is 13.0. The number of fused-ring (bicyclic) bond motifs is 1. The summed E-state index contributed by atoms with van der Waals surface area (Å²) in [5.74, 6) is -1.03. The van der Waals surface area contributed by atoms with E-state index in [1.165, 1.54) is 10.9 Å². The Morgan fingerprint density at radius 3 is 2.54 bits per heavy atom. The van der Waals surface area contributed by atoms with Crippen LogP contribution in [0.2, 0.25) is 0 Å². The number of anilines is 1. The Bertz CT molecular complexity index is 1630. The number of aromatic nitrogens is 4. The van der Waals surface area contributed by atoms with Gasteiger partial charge in [-0.1, -0.05) is 13.0 Å². The zero-order chi connectivity index (χ0) is 25.5. The van der Waals surface area contributed by atoms with Gasteiger partial charge in [-0.3, -0.25) is 23.9 Å². The molecule has 4 rings (SSSR count). The van der Waals surface area contributed by atoms with Crippen molar-refractivity contribution in [1.29, 1.82) is 0 Å². The molecule has 10 nitrogen and oxygen atoms in total. The number of hydrogen-bond acceptors (Lipinski definition) is 8. The van der Waals surface area contributed by atoms with E-state index in [0.717, 1.165) is 11.3 Å². The second-order valence-corrected chi connectivity index (χ2v) is 11.4. The summed E-state index contributed by atoms with van der Waals surface area (Å²) in [4.78, 5) is 37.3. The zero-order valence-corrected chi connectivity index (χ0v) is 21.2. The topological polar surface area (TPSA) is 150 Å². The number of thiazole rings is 1. The predicted molar refractivity (Wildman–Crippen MR) is 135 cm³/mol. The fourth-order valence-corrected chi connectivity index (χ4v) is 6.19. The van der Waals surface area contributed by atoms with Crippen molar-refractivity contribution in [2.75, 3.05) is 4.72 Å². The molecule has 3 aromatic heterocycles. The van der Waals surface area contributed by atoms with Crippen molar-refractivity contribution >= 4 is 43.9 Å². The molecule has 0 spiro atoms. The minimum atomic E-state index is -3.85. The number of rotatable bonds is 7. The largest absolute Gasteiger partial charge is 0.369 e. The van der Waals surface area contributed by atoms with Crippen LogP contribution in [0.1, 0.15) is 23.3 Å². The first-order chi connectivity index (χ1) is 16.5. The molecule has 0 saturated heterocycles. The lowest BCUT2D eigenvalue weighted by Crippen LogP contribution is -2.30. The Morgan fingerprint density at radius 2 is 1.89 bits per heavy atom. The van der Waals surface area contributed by atoms with Crippen LogP contribution in [0.3, 0.4) is 0 Å². The number of sulfonamides is 1. The first kappa shape index (κ1) is 24.5. The van der Waals surface area contributed by atoms with Crippen molar-refractivity contribution < 1.29 is 13.2 Å². The van der Waals surface area contributed by atoms with Crippen LogP contribution in [0.25, 0.3) is 22.0 Å². The summed E-state index contributed by atoms with van der Waals surface area (Å²) in [6.45, 7) is 6.87. The molecule has 0 saturated carbocycles. The van der Waals surface area contributed by atoms with Crippen molar-refractivity contribution in [3.63, 3.8) is 0 Å². The van der Waals surface area contributed by atoms with Crippen LogP contribution in [0.15, 0.2) is 45.8 Å². The summed E-state index contributed by atoms with van der Waals surface area (Å²) in [6.07, 6.45) is 3.01. The molecule has 0 fully saturated rings. The lowest BCUT2D eigenvalue weighted by molar-refractivity contribution is -0.121. The van der Waals surface area contributed by atoms with Crippen molar-refractivity contribution in [3.05, 3.63) is 63.5 Å². The first-order valence-corrected chi connectivity index (χ1v) is 13.0. The molecule has 3 heterocycles.